The molecule has 2 amide bonds. The second kappa shape index (κ2) is 7.27. The third-order valence-corrected chi connectivity index (χ3v) is 3.16. The summed E-state index contributed by atoms with van der Waals surface area (Å²) < 4.78 is 2.35. The molecular formula is C11H12IN3O2S. The zero-order valence-electron chi connectivity index (χ0n) is 9.64. The van der Waals surface area contributed by atoms with Crippen molar-refractivity contribution < 1.29 is 9.59 Å². The van der Waals surface area contributed by atoms with Crippen LogP contribution in [0.5, 0.6) is 0 Å². The van der Waals surface area contributed by atoms with E-state index < -0.39 is 5.91 Å². The Morgan fingerprint density at radius 2 is 1.89 bits per heavy atom. The number of hydrogen-bond acceptors (Lipinski definition) is 3. The molecule has 1 aromatic rings. The van der Waals surface area contributed by atoms with Crippen LogP contribution in [-0.4, -0.2) is 28.9 Å². The van der Waals surface area contributed by atoms with Gasteiger partial charge in [0.25, 0.3) is 0 Å². The summed E-state index contributed by atoms with van der Waals surface area (Å²) in [5, 5.41) is 1.42. The van der Waals surface area contributed by atoms with Gasteiger partial charge in [-0.15, -0.1) is 0 Å². The molecule has 0 atom stereocenters. The van der Waals surface area contributed by atoms with Crippen molar-refractivity contribution in [1.29, 1.82) is 0 Å². The Morgan fingerprint density at radius 1 is 1.28 bits per heavy atom. The molecule has 0 saturated heterocycles. The molecule has 0 radical (unpaired) electrons. The van der Waals surface area contributed by atoms with Gasteiger partial charge in [0.15, 0.2) is 0 Å². The molecule has 0 unspecified atom stereocenters. The first-order valence-electron chi connectivity index (χ1n) is 5.06. The summed E-state index contributed by atoms with van der Waals surface area (Å²) in [6, 6.07) is 9.31. The Morgan fingerprint density at radius 3 is 2.44 bits per heavy atom. The predicted molar refractivity (Wildman–Crippen MR) is 80.8 cm³/mol. The third-order valence-electron chi connectivity index (χ3n) is 2.04. The Kier molecular flexibility index (Phi) is 5.99. The highest BCUT2D eigenvalue weighted by atomic mass is 127. The van der Waals surface area contributed by atoms with Crippen LogP contribution in [0.3, 0.4) is 0 Å². The largest absolute Gasteiger partial charge is 0.298 e. The number of halogens is 1. The van der Waals surface area contributed by atoms with Crippen molar-refractivity contribution in [3.05, 3.63) is 35.9 Å². The summed E-state index contributed by atoms with van der Waals surface area (Å²) in [6.45, 7) is 0. The van der Waals surface area contributed by atoms with E-state index in [1.165, 1.54) is 5.01 Å². The summed E-state index contributed by atoms with van der Waals surface area (Å²) >= 11 is 6.90. The molecule has 0 fully saturated rings. The van der Waals surface area contributed by atoms with Crippen molar-refractivity contribution in [3.8, 4) is 0 Å². The van der Waals surface area contributed by atoms with Crippen molar-refractivity contribution in [3.63, 3.8) is 0 Å². The number of nitrogens with zero attached hydrogens (tertiary/aromatic N) is 1. The van der Waals surface area contributed by atoms with E-state index in [2.05, 4.69) is 8.96 Å². The molecule has 1 rings (SSSR count). The molecule has 2 N–H and O–H groups in total. The Labute approximate surface area is 124 Å². The van der Waals surface area contributed by atoms with Crippen LogP contribution < -0.4 is 8.96 Å². The number of amides is 2. The molecule has 1 aromatic carbocycles. The van der Waals surface area contributed by atoms with Gasteiger partial charge in [0.1, 0.15) is 11.4 Å². The molecule has 18 heavy (non-hydrogen) atoms. The first-order valence-corrected chi connectivity index (χ1v) is 6.55. The topological polar surface area (TPSA) is 61.4 Å². The molecule has 5 nitrogen and oxygen atoms in total. The zero-order valence-corrected chi connectivity index (χ0v) is 12.6. The van der Waals surface area contributed by atoms with E-state index in [9.17, 15) is 9.59 Å². The van der Waals surface area contributed by atoms with E-state index in [1.807, 2.05) is 30.3 Å². The van der Waals surface area contributed by atoms with E-state index in [1.54, 1.807) is 29.9 Å². The number of hydrogen-bond donors (Lipinski definition) is 2. The standard InChI is InChI=1S/C11H12IN3O2S/c1-15(14-10(17)7-9(16)13-12)11(18)8-5-3-2-4-6-8/h2-6H,7H2,1H3,(H,13,16)(H,14,17). The van der Waals surface area contributed by atoms with Crippen LogP contribution in [0.15, 0.2) is 30.3 Å². The van der Waals surface area contributed by atoms with Crippen LogP contribution in [0.1, 0.15) is 12.0 Å². The van der Waals surface area contributed by atoms with Crippen LogP contribution in [0.4, 0.5) is 0 Å². The molecular weight excluding hydrogens is 365 g/mol. The van der Waals surface area contributed by atoms with E-state index in [4.69, 9.17) is 12.2 Å². The zero-order chi connectivity index (χ0) is 13.5. The maximum Gasteiger partial charge on any atom is 0.247 e. The Bertz CT molecular complexity index is 453. The van der Waals surface area contributed by atoms with Crippen molar-refractivity contribution in [2.24, 2.45) is 0 Å². The maximum absolute atomic E-state index is 11.5. The lowest BCUT2D eigenvalue weighted by atomic mass is 10.2. The highest BCUT2D eigenvalue weighted by Gasteiger charge is 2.12. The quantitative estimate of drug-likeness (QED) is 0.273. The summed E-state index contributed by atoms with van der Waals surface area (Å²) in [5.41, 5.74) is 3.36. The van der Waals surface area contributed by atoms with Crippen LogP contribution >= 0.6 is 35.1 Å². The number of thiocarbonyl (C=S) groups is 1. The summed E-state index contributed by atoms with van der Waals surface area (Å²) in [7, 11) is 1.63. The van der Waals surface area contributed by atoms with Gasteiger partial charge < -0.3 is 0 Å². The van der Waals surface area contributed by atoms with Crippen LogP contribution in [0.25, 0.3) is 0 Å². The van der Waals surface area contributed by atoms with Crippen molar-refractivity contribution in [2.75, 3.05) is 7.05 Å². The molecule has 7 heteroatoms. The number of rotatable bonds is 3. The van der Waals surface area contributed by atoms with Gasteiger partial charge in [0, 0.05) is 12.6 Å². The minimum Gasteiger partial charge on any atom is -0.298 e. The number of nitrogens with one attached hydrogen (secondary N) is 2. The maximum atomic E-state index is 11.5. The van der Waals surface area contributed by atoms with Gasteiger partial charge in [-0.2, -0.15) is 0 Å². The van der Waals surface area contributed by atoms with Crippen molar-refractivity contribution in [2.45, 2.75) is 6.42 Å². The minimum atomic E-state index is -0.412. The van der Waals surface area contributed by atoms with Crippen LogP contribution in [0.2, 0.25) is 0 Å². The predicted octanol–water partition coefficient (Wildman–Crippen LogP) is 1.18. The fraction of sp³-hybridized carbons (Fsp3) is 0.182. The minimum absolute atomic E-state index is 0.231. The van der Waals surface area contributed by atoms with E-state index in [0.717, 1.165) is 5.56 Å². The van der Waals surface area contributed by atoms with Crippen LogP contribution in [0, 0.1) is 0 Å². The third kappa shape index (κ3) is 4.57. The Balaban J connectivity index is 2.55. The van der Waals surface area contributed by atoms with Gasteiger partial charge in [-0.1, -0.05) is 42.5 Å². The van der Waals surface area contributed by atoms with Gasteiger partial charge in [-0.05, 0) is 0 Å². The highest BCUT2D eigenvalue weighted by Crippen LogP contribution is 2.03. The van der Waals surface area contributed by atoms with E-state index in [0.29, 0.717) is 4.99 Å². The SMILES string of the molecule is CN(NC(=O)CC(=O)NI)C(=S)c1ccccc1. The molecule has 0 bridgehead atoms. The average Bonchev–Trinajstić information content (AvgIpc) is 2.38. The molecule has 96 valence electrons. The summed E-state index contributed by atoms with van der Waals surface area (Å²) in [4.78, 5) is 23.0. The monoisotopic (exact) mass is 377 g/mol. The fourth-order valence-electron chi connectivity index (χ4n) is 1.23. The number of carbonyl (C=O) groups is 2. The van der Waals surface area contributed by atoms with Gasteiger partial charge in [0.2, 0.25) is 11.8 Å². The molecule has 0 aliphatic carbocycles. The van der Waals surface area contributed by atoms with Gasteiger partial charge in [-0.3, -0.25) is 23.6 Å². The van der Waals surface area contributed by atoms with E-state index in [-0.39, 0.29) is 12.3 Å². The normalized spacial score (nSPS) is 9.44. The second-order valence-corrected chi connectivity index (χ2v) is 4.39. The number of hydrazine groups is 1. The molecule has 0 saturated carbocycles. The van der Waals surface area contributed by atoms with Gasteiger partial charge >= 0.3 is 0 Å². The fourth-order valence-corrected chi connectivity index (χ4v) is 1.60. The van der Waals surface area contributed by atoms with Crippen LogP contribution in [-0.2, 0) is 9.59 Å². The van der Waals surface area contributed by atoms with E-state index >= 15 is 0 Å². The van der Waals surface area contributed by atoms with Crippen molar-refractivity contribution >= 4 is 51.9 Å². The average molecular weight is 377 g/mol. The summed E-state index contributed by atoms with van der Waals surface area (Å²) in [6.07, 6.45) is -0.231. The van der Waals surface area contributed by atoms with Gasteiger partial charge in [0.05, 0.1) is 22.9 Å². The number of carbonyl (C=O) groups excluding carboxylic acids is 2. The van der Waals surface area contributed by atoms with Crippen molar-refractivity contribution in [1.82, 2.24) is 14.0 Å². The first-order chi connectivity index (χ1) is 8.54. The Hall–Kier alpha value is -1.22. The smallest absolute Gasteiger partial charge is 0.247 e. The molecule has 0 aromatic heterocycles. The number of benzene rings is 1. The first kappa shape index (κ1) is 14.8. The molecule has 0 aliphatic rings. The lowest BCUT2D eigenvalue weighted by molar-refractivity contribution is -0.129. The molecule has 0 heterocycles. The molecule has 0 aliphatic heterocycles. The molecule has 0 spiro atoms. The van der Waals surface area contributed by atoms with Gasteiger partial charge in [-0.25, -0.2) is 0 Å². The lowest BCUT2D eigenvalue weighted by Gasteiger charge is -2.20. The lowest BCUT2D eigenvalue weighted by Crippen LogP contribution is -2.44. The highest BCUT2D eigenvalue weighted by molar-refractivity contribution is 14.1. The second-order valence-electron chi connectivity index (χ2n) is 3.46. The summed E-state index contributed by atoms with van der Waals surface area (Å²) in [5.74, 6) is -0.767.